The number of nitrogens with one attached hydrogen (secondary N) is 1. The number of fused-ring (bicyclic) bond motifs is 1. The van der Waals surface area contributed by atoms with E-state index in [1.807, 2.05) is 6.07 Å². The second-order valence-corrected chi connectivity index (χ2v) is 5.74. The largest absolute Gasteiger partial charge is 0.507 e. The van der Waals surface area contributed by atoms with E-state index in [1.54, 1.807) is 48.5 Å². The molecule has 0 unspecified atom stereocenters. The van der Waals surface area contributed by atoms with E-state index in [4.69, 9.17) is 4.74 Å². The minimum Gasteiger partial charge on any atom is -0.507 e. The summed E-state index contributed by atoms with van der Waals surface area (Å²) in [4.78, 5) is 24.5. The highest BCUT2D eigenvalue weighted by molar-refractivity contribution is 6.04. The summed E-state index contributed by atoms with van der Waals surface area (Å²) in [6.45, 7) is 1.42. The maximum absolute atomic E-state index is 12.4. The van der Waals surface area contributed by atoms with Crippen molar-refractivity contribution < 1.29 is 24.5 Å². The van der Waals surface area contributed by atoms with Crippen LogP contribution < -0.4 is 5.32 Å². The van der Waals surface area contributed by atoms with Gasteiger partial charge >= 0.3 is 5.97 Å². The summed E-state index contributed by atoms with van der Waals surface area (Å²) in [6, 6.07) is 16.5. The lowest BCUT2D eigenvalue weighted by molar-refractivity contribution is -0.123. The van der Waals surface area contributed by atoms with Crippen molar-refractivity contribution in [3.8, 4) is 11.5 Å². The van der Waals surface area contributed by atoms with Gasteiger partial charge < -0.3 is 20.3 Å². The molecule has 0 heterocycles. The number of anilines is 1. The number of esters is 1. The van der Waals surface area contributed by atoms with Crippen LogP contribution in [0.3, 0.4) is 0 Å². The minimum absolute atomic E-state index is 0.160. The standard InChI is InChI=1S/C20H17NO5/c1-12(19(24)21-13-7-3-2-4-8-13)26-20(25)16-11-17(22)14-9-5-6-10-15(14)18(16)23/h2-12,22-23H,1H3,(H,21,24)/t12-/m1/s1. The lowest BCUT2D eigenvalue weighted by atomic mass is 10.0. The number of hydrogen-bond acceptors (Lipinski definition) is 5. The molecule has 6 nitrogen and oxygen atoms in total. The second-order valence-electron chi connectivity index (χ2n) is 5.74. The fourth-order valence-electron chi connectivity index (χ4n) is 2.54. The predicted octanol–water partition coefficient (Wildman–Crippen LogP) is 3.44. The molecule has 1 amide bonds. The smallest absolute Gasteiger partial charge is 0.342 e. The third kappa shape index (κ3) is 3.44. The van der Waals surface area contributed by atoms with Crippen LogP contribution in [0.2, 0.25) is 0 Å². The summed E-state index contributed by atoms with van der Waals surface area (Å²) in [6.07, 6.45) is -1.09. The number of aromatic hydroxyl groups is 2. The number of carbonyl (C=O) groups is 2. The number of amides is 1. The van der Waals surface area contributed by atoms with E-state index in [-0.39, 0.29) is 17.1 Å². The maximum atomic E-state index is 12.4. The van der Waals surface area contributed by atoms with Crippen LogP contribution in [0.1, 0.15) is 17.3 Å². The van der Waals surface area contributed by atoms with Gasteiger partial charge in [-0.2, -0.15) is 0 Å². The van der Waals surface area contributed by atoms with Crippen LogP contribution >= 0.6 is 0 Å². The molecule has 132 valence electrons. The zero-order valence-electron chi connectivity index (χ0n) is 14.0. The summed E-state index contributed by atoms with van der Waals surface area (Å²) < 4.78 is 5.13. The molecule has 3 aromatic carbocycles. The van der Waals surface area contributed by atoms with Crippen LogP contribution in [-0.2, 0) is 9.53 Å². The Balaban J connectivity index is 1.78. The molecule has 26 heavy (non-hydrogen) atoms. The van der Waals surface area contributed by atoms with Gasteiger partial charge in [-0.25, -0.2) is 4.79 Å². The highest BCUT2D eigenvalue weighted by Gasteiger charge is 2.23. The Kier molecular flexibility index (Phi) is 4.75. The molecule has 0 aromatic heterocycles. The van der Waals surface area contributed by atoms with E-state index in [2.05, 4.69) is 5.32 Å². The van der Waals surface area contributed by atoms with Gasteiger partial charge in [0.15, 0.2) is 6.10 Å². The van der Waals surface area contributed by atoms with E-state index in [0.717, 1.165) is 6.07 Å². The molecule has 6 heteroatoms. The van der Waals surface area contributed by atoms with E-state index in [9.17, 15) is 19.8 Å². The lowest BCUT2D eigenvalue weighted by Crippen LogP contribution is -2.30. The van der Waals surface area contributed by atoms with Crippen molar-refractivity contribution in [3.05, 3.63) is 66.2 Å². The molecule has 3 aromatic rings. The molecule has 0 radical (unpaired) electrons. The van der Waals surface area contributed by atoms with Crippen molar-refractivity contribution in [2.24, 2.45) is 0 Å². The molecule has 3 rings (SSSR count). The van der Waals surface area contributed by atoms with Crippen molar-refractivity contribution in [1.82, 2.24) is 0 Å². The van der Waals surface area contributed by atoms with Gasteiger partial charge in [0.05, 0.1) is 0 Å². The van der Waals surface area contributed by atoms with Gasteiger partial charge in [0.25, 0.3) is 5.91 Å². The highest BCUT2D eigenvalue weighted by atomic mass is 16.5. The van der Waals surface area contributed by atoms with Crippen LogP contribution in [0.15, 0.2) is 60.7 Å². The van der Waals surface area contributed by atoms with E-state index < -0.39 is 18.0 Å². The van der Waals surface area contributed by atoms with Crippen LogP contribution in [0.5, 0.6) is 11.5 Å². The van der Waals surface area contributed by atoms with Gasteiger partial charge in [-0.15, -0.1) is 0 Å². The van der Waals surface area contributed by atoms with Crippen LogP contribution in [-0.4, -0.2) is 28.2 Å². The quantitative estimate of drug-likeness (QED) is 0.494. The fraction of sp³-hybridized carbons (Fsp3) is 0.100. The van der Waals surface area contributed by atoms with Gasteiger partial charge in [-0.3, -0.25) is 4.79 Å². The molecule has 0 fully saturated rings. The number of para-hydroxylation sites is 1. The van der Waals surface area contributed by atoms with Crippen molar-refractivity contribution in [3.63, 3.8) is 0 Å². The predicted molar refractivity (Wildman–Crippen MR) is 97.2 cm³/mol. The molecular weight excluding hydrogens is 334 g/mol. The van der Waals surface area contributed by atoms with E-state index >= 15 is 0 Å². The Morgan fingerprint density at radius 1 is 0.962 bits per heavy atom. The van der Waals surface area contributed by atoms with Gasteiger partial charge in [-0.05, 0) is 25.1 Å². The Labute approximate surface area is 149 Å². The Bertz CT molecular complexity index is 969. The summed E-state index contributed by atoms with van der Waals surface area (Å²) >= 11 is 0. The number of hydrogen-bond donors (Lipinski definition) is 3. The first-order valence-electron chi connectivity index (χ1n) is 7.98. The number of rotatable bonds is 4. The fourth-order valence-corrected chi connectivity index (χ4v) is 2.54. The van der Waals surface area contributed by atoms with Crippen molar-refractivity contribution in [2.75, 3.05) is 5.32 Å². The van der Waals surface area contributed by atoms with Crippen molar-refractivity contribution in [1.29, 1.82) is 0 Å². The van der Waals surface area contributed by atoms with Crippen molar-refractivity contribution >= 4 is 28.3 Å². The number of carbonyl (C=O) groups excluding carboxylic acids is 2. The van der Waals surface area contributed by atoms with Crippen molar-refractivity contribution in [2.45, 2.75) is 13.0 Å². The first-order valence-corrected chi connectivity index (χ1v) is 7.98. The molecule has 0 saturated heterocycles. The monoisotopic (exact) mass is 351 g/mol. The van der Waals surface area contributed by atoms with E-state index in [0.29, 0.717) is 16.5 Å². The minimum atomic E-state index is -1.09. The molecule has 0 saturated carbocycles. The molecule has 0 bridgehead atoms. The van der Waals surface area contributed by atoms with E-state index in [1.165, 1.54) is 6.92 Å². The summed E-state index contributed by atoms with van der Waals surface area (Å²) in [5.74, 6) is -1.88. The summed E-state index contributed by atoms with van der Waals surface area (Å²) in [7, 11) is 0. The number of phenolic OH excluding ortho intramolecular Hbond substituents is 2. The molecule has 3 N–H and O–H groups in total. The van der Waals surface area contributed by atoms with Gasteiger partial charge in [-0.1, -0.05) is 42.5 Å². The second kappa shape index (κ2) is 7.14. The van der Waals surface area contributed by atoms with Crippen LogP contribution in [0.25, 0.3) is 10.8 Å². The zero-order chi connectivity index (χ0) is 18.7. The number of phenols is 2. The normalized spacial score (nSPS) is 11.7. The maximum Gasteiger partial charge on any atom is 0.342 e. The van der Waals surface area contributed by atoms with Gasteiger partial charge in [0, 0.05) is 16.5 Å². The molecule has 0 spiro atoms. The summed E-state index contributed by atoms with van der Waals surface area (Å²) in [5, 5.41) is 23.7. The third-order valence-corrected chi connectivity index (χ3v) is 3.91. The van der Waals surface area contributed by atoms with Crippen LogP contribution in [0.4, 0.5) is 5.69 Å². The number of benzene rings is 3. The Morgan fingerprint density at radius 3 is 2.27 bits per heavy atom. The average Bonchev–Trinajstić information content (AvgIpc) is 2.65. The first-order chi connectivity index (χ1) is 12.5. The van der Waals surface area contributed by atoms with Crippen LogP contribution in [0, 0.1) is 0 Å². The SMILES string of the molecule is C[C@@H](OC(=O)c1cc(O)c2ccccc2c1O)C(=O)Nc1ccccc1. The Morgan fingerprint density at radius 2 is 1.58 bits per heavy atom. The Hall–Kier alpha value is -3.54. The zero-order valence-corrected chi connectivity index (χ0v) is 14.0. The van der Waals surface area contributed by atoms with Gasteiger partial charge in [0.1, 0.15) is 17.1 Å². The summed E-state index contributed by atoms with van der Waals surface area (Å²) in [5.41, 5.74) is 0.368. The van der Waals surface area contributed by atoms with Gasteiger partial charge in [0.2, 0.25) is 0 Å². The molecule has 0 aliphatic heterocycles. The third-order valence-electron chi connectivity index (χ3n) is 3.91. The number of ether oxygens (including phenoxy) is 1. The lowest BCUT2D eigenvalue weighted by Gasteiger charge is -2.15. The molecule has 0 aliphatic rings. The highest BCUT2D eigenvalue weighted by Crippen LogP contribution is 2.35. The molecular formula is C20H17NO5. The average molecular weight is 351 g/mol. The molecule has 0 aliphatic carbocycles. The first kappa shape index (κ1) is 17.3. The molecule has 1 atom stereocenters. The topological polar surface area (TPSA) is 95.9 Å².